The summed E-state index contributed by atoms with van der Waals surface area (Å²) in [4.78, 5) is 7.02. The number of fused-ring (bicyclic) bond motifs is 3. The molecule has 0 radical (unpaired) electrons. The molecule has 2 aliphatic heterocycles. The molecule has 0 aromatic heterocycles. The van der Waals surface area contributed by atoms with Crippen molar-refractivity contribution in [2.24, 2.45) is 15.8 Å². The summed E-state index contributed by atoms with van der Waals surface area (Å²) >= 11 is 0. The van der Waals surface area contributed by atoms with Gasteiger partial charge in [0.25, 0.3) is 0 Å². The first kappa shape index (κ1) is 14.6. The van der Waals surface area contributed by atoms with Crippen LogP contribution in [-0.4, -0.2) is 24.0 Å². The zero-order valence-corrected chi connectivity index (χ0v) is 13.8. The topological polar surface area (TPSA) is 35.8 Å². The molecule has 1 atom stereocenters. The molecule has 2 heterocycles. The van der Waals surface area contributed by atoms with Crippen LogP contribution in [0.5, 0.6) is 0 Å². The molecule has 3 heteroatoms. The molecule has 1 aromatic rings. The number of benzene rings is 1. The third kappa shape index (κ3) is 2.38. The molecule has 3 rings (SSSR count). The molecule has 1 unspecified atom stereocenters. The van der Waals surface area contributed by atoms with Crippen LogP contribution in [0.25, 0.3) is 0 Å². The van der Waals surface area contributed by atoms with Gasteiger partial charge >= 0.3 is 0 Å². The van der Waals surface area contributed by atoms with Gasteiger partial charge in [0, 0.05) is 29.8 Å². The Morgan fingerprint density at radius 1 is 1.24 bits per heavy atom. The Balaban J connectivity index is 2.14. The number of nitrogens with zero attached hydrogens (tertiary/aromatic N) is 2. The van der Waals surface area contributed by atoms with Crippen LogP contribution in [0.1, 0.15) is 46.6 Å². The monoisotopic (exact) mass is 286 g/mol. The molecule has 1 aromatic carbocycles. The summed E-state index contributed by atoms with van der Waals surface area (Å²) in [7, 11) is 0. The quantitative estimate of drug-likeness (QED) is 0.856. The zero-order valence-electron chi connectivity index (χ0n) is 13.8. The highest BCUT2D eigenvalue weighted by Gasteiger charge is 2.51. The fourth-order valence-corrected chi connectivity index (χ4v) is 3.60. The maximum atomic E-state index is 11.5. The van der Waals surface area contributed by atoms with Crippen molar-refractivity contribution in [2.45, 2.75) is 46.6 Å². The molecular formula is C18H26N2O. The molecule has 0 saturated heterocycles. The van der Waals surface area contributed by atoms with Crippen LogP contribution in [0, 0.1) is 10.8 Å². The molecule has 0 saturated carbocycles. The number of amidine groups is 1. The van der Waals surface area contributed by atoms with Gasteiger partial charge in [-0.3, -0.25) is 4.99 Å². The Morgan fingerprint density at radius 2 is 1.90 bits per heavy atom. The van der Waals surface area contributed by atoms with Gasteiger partial charge in [-0.2, -0.15) is 0 Å². The Bertz CT molecular complexity index is 597. The maximum Gasteiger partial charge on any atom is 0.149 e. The van der Waals surface area contributed by atoms with Crippen molar-refractivity contribution in [3.05, 3.63) is 29.8 Å². The first-order chi connectivity index (χ1) is 9.62. The lowest BCUT2D eigenvalue weighted by molar-refractivity contribution is 0.0649. The molecule has 0 spiro atoms. The lowest BCUT2D eigenvalue weighted by Gasteiger charge is -2.39. The number of rotatable bonds is 1. The lowest BCUT2D eigenvalue weighted by atomic mass is 9.78. The van der Waals surface area contributed by atoms with Crippen molar-refractivity contribution < 1.29 is 5.11 Å². The zero-order chi connectivity index (χ0) is 15.5. The second-order valence-corrected chi connectivity index (χ2v) is 8.51. The molecule has 2 aliphatic rings. The summed E-state index contributed by atoms with van der Waals surface area (Å²) < 4.78 is 0. The highest BCUT2D eigenvalue weighted by molar-refractivity contribution is 6.10. The van der Waals surface area contributed by atoms with E-state index in [1.165, 1.54) is 0 Å². The van der Waals surface area contributed by atoms with Crippen LogP contribution >= 0.6 is 0 Å². The largest absolute Gasteiger partial charge is 0.377 e. The minimum atomic E-state index is -0.953. The molecule has 21 heavy (non-hydrogen) atoms. The molecule has 0 bridgehead atoms. The van der Waals surface area contributed by atoms with Crippen molar-refractivity contribution in [1.29, 1.82) is 0 Å². The summed E-state index contributed by atoms with van der Waals surface area (Å²) in [5.74, 6) is 0.845. The fourth-order valence-electron chi connectivity index (χ4n) is 3.60. The number of anilines is 1. The highest BCUT2D eigenvalue weighted by Crippen LogP contribution is 2.48. The standard InChI is InChI=1S/C18H26N2O/c1-16(2,3)10-18(21)13-8-6-7-9-14(13)20-12-17(4,5)11-19-15(18)20/h6-9,21H,10-12H2,1-5H3. The van der Waals surface area contributed by atoms with E-state index in [0.29, 0.717) is 6.42 Å². The molecule has 0 fully saturated rings. The minimum absolute atomic E-state index is 0.0351. The highest BCUT2D eigenvalue weighted by atomic mass is 16.3. The predicted octanol–water partition coefficient (Wildman–Crippen LogP) is 3.57. The average molecular weight is 286 g/mol. The van der Waals surface area contributed by atoms with E-state index in [-0.39, 0.29) is 10.8 Å². The first-order valence-electron chi connectivity index (χ1n) is 7.77. The molecule has 3 nitrogen and oxygen atoms in total. The van der Waals surface area contributed by atoms with Crippen molar-refractivity contribution >= 4 is 11.5 Å². The van der Waals surface area contributed by atoms with Gasteiger partial charge in [-0.05, 0) is 17.9 Å². The van der Waals surface area contributed by atoms with Crippen molar-refractivity contribution in [3.8, 4) is 0 Å². The van der Waals surface area contributed by atoms with E-state index in [0.717, 1.165) is 30.2 Å². The normalized spacial score (nSPS) is 27.1. The van der Waals surface area contributed by atoms with Gasteiger partial charge in [0.15, 0.2) is 0 Å². The van der Waals surface area contributed by atoms with Gasteiger partial charge in [0.2, 0.25) is 0 Å². The minimum Gasteiger partial charge on any atom is -0.377 e. The van der Waals surface area contributed by atoms with E-state index < -0.39 is 5.60 Å². The van der Waals surface area contributed by atoms with Crippen LogP contribution in [0.4, 0.5) is 5.69 Å². The molecule has 114 valence electrons. The number of aliphatic imine (C=N–C) groups is 1. The Hall–Kier alpha value is -1.35. The second kappa shape index (κ2) is 4.33. The third-order valence-electron chi connectivity index (χ3n) is 4.30. The van der Waals surface area contributed by atoms with Crippen LogP contribution in [0.3, 0.4) is 0 Å². The molecular weight excluding hydrogens is 260 g/mol. The predicted molar refractivity (Wildman–Crippen MR) is 87.8 cm³/mol. The molecule has 1 N–H and O–H groups in total. The number of para-hydroxylation sites is 1. The van der Waals surface area contributed by atoms with E-state index >= 15 is 0 Å². The van der Waals surface area contributed by atoms with E-state index in [2.05, 4.69) is 51.7 Å². The number of aliphatic hydroxyl groups is 1. The van der Waals surface area contributed by atoms with E-state index in [4.69, 9.17) is 4.99 Å². The smallest absolute Gasteiger partial charge is 0.149 e. The van der Waals surface area contributed by atoms with Crippen molar-refractivity contribution in [2.75, 3.05) is 18.0 Å². The van der Waals surface area contributed by atoms with Crippen molar-refractivity contribution in [3.63, 3.8) is 0 Å². The van der Waals surface area contributed by atoms with Gasteiger partial charge in [-0.15, -0.1) is 0 Å². The van der Waals surface area contributed by atoms with Crippen LogP contribution < -0.4 is 4.90 Å². The Kier molecular flexibility index (Phi) is 3.00. The number of hydrogen-bond acceptors (Lipinski definition) is 3. The van der Waals surface area contributed by atoms with E-state index in [1.54, 1.807) is 0 Å². The van der Waals surface area contributed by atoms with E-state index in [9.17, 15) is 5.11 Å². The number of hydrogen-bond donors (Lipinski definition) is 1. The lowest BCUT2D eigenvalue weighted by Crippen LogP contribution is -2.49. The van der Waals surface area contributed by atoms with Gasteiger partial charge < -0.3 is 10.0 Å². The van der Waals surface area contributed by atoms with Crippen LogP contribution in [0.2, 0.25) is 0 Å². The van der Waals surface area contributed by atoms with Crippen LogP contribution in [0.15, 0.2) is 29.3 Å². The summed E-state index contributed by atoms with van der Waals surface area (Å²) in [5.41, 5.74) is 1.36. The van der Waals surface area contributed by atoms with Gasteiger partial charge in [0.05, 0.1) is 0 Å². The maximum absolute atomic E-state index is 11.5. The van der Waals surface area contributed by atoms with Crippen molar-refractivity contribution in [1.82, 2.24) is 0 Å². The van der Waals surface area contributed by atoms with Crippen LogP contribution in [-0.2, 0) is 5.60 Å². The summed E-state index contributed by atoms with van der Waals surface area (Å²) in [6.45, 7) is 12.7. The van der Waals surface area contributed by atoms with Gasteiger partial charge in [-0.25, -0.2) is 0 Å². The van der Waals surface area contributed by atoms with Gasteiger partial charge in [0.1, 0.15) is 11.4 Å². The summed E-state index contributed by atoms with van der Waals surface area (Å²) in [5, 5.41) is 11.5. The van der Waals surface area contributed by atoms with Gasteiger partial charge in [-0.1, -0.05) is 52.8 Å². The first-order valence-corrected chi connectivity index (χ1v) is 7.77. The average Bonchev–Trinajstić information content (AvgIpc) is 2.56. The molecule has 0 amide bonds. The SMILES string of the molecule is CC(C)(C)CC1(O)C2=NCC(C)(C)CN2c2ccccc21. The summed E-state index contributed by atoms with van der Waals surface area (Å²) in [6, 6.07) is 8.21. The summed E-state index contributed by atoms with van der Waals surface area (Å²) in [6.07, 6.45) is 0.687. The fraction of sp³-hybridized carbons (Fsp3) is 0.611. The third-order valence-corrected chi connectivity index (χ3v) is 4.30. The Morgan fingerprint density at radius 3 is 2.57 bits per heavy atom. The molecule has 0 aliphatic carbocycles. The Labute approximate surface area is 127 Å². The second-order valence-electron chi connectivity index (χ2n) is 8.51. The van der Waals surface area contributed by atoms with E-state index in [1.807, 2.05) is 12.1 Å².